The lowest BCUT2D eigenvalue weighted by Gasteiger charge is -2.14. The number of hydrogen-bond acceptors (Lipinski definition) is 2. The summed E-state index contributed by atoms with van der Waals surface area (Å²) < 4.78 is 61.8. The molecule has 0 saturated heterocycles. The van der Waals surface area contributed by atoms with E-state index in [0.29, 0.717) is 6.20 Å². The van der Waals surface area contributed by atoms with E-state index in [0.717, 1.165) is 0 Å². The average molecular weight is 301 g/mol. The summed E-state index contributed by atoms with van der Waals surface area (Å²) in [6, 6.07) is 1.19. The lowest BCUT2D eigenvalue weighted by atomic mass is 10.1. The highest BCUT2D eigenvalue weighted by Crippen LogP contribution is 2.40. The molecule has 86 valence electrons. The van der Waals surface area contributed by atoms with Gasteiger partial charge in [0.25, 0.3) is 6.43 Å². The van der Waals surface area contributed by atoms with Gasteiger partial charge in [-0.1, -0.05) is 0 Å². The smallest absolute Gasteiger partial charge is 0.247 e. The molecule has 1 heterocycles. The van der Waals surface area contributed by atoms with Crippen molar-refractivity contribution in [3.05, 3.63) is 27.5 Å². The number of aromatic nitrogens is 1. The molecule has 2 nitrogen and oxygen atoms in total. The van der Waals surface area contributed by atoms with Crippen molar-refractivity contribution >= 4 is 15.9 Å². The Morgan fingerprint density at radius 3 is 2.31 bits per heavy atom. The van der Waals surface area contributed by atoms with E-state index in [1.54, 1.807) is 0 Å². The van der Waals surface area contributed by atoms with Crippen LogP contribution in [0.2, 0.25) is 0 Å². The van der Waals surface area contributed by atoms with Crippen LogP contribution in [0.15, 0.2) is 10.8 Å². The third kappa shape index (κ3) is 2.29. The summed E-state index contributed by atoms with van der Waals surface area (Å²) in [5.41, 5.74) is -3.88. The van der Waals surface area contributed by atoms with E-state index in [2.05, 4.69) is 20.9 Å². The van der Waals surface area contributed by atoms with Crippen LogP contribution in [0.5, 0.6) is 0 Å². The van der Waals surface area contributed by atoms with E-state index in [-0.39, 0.29) is 0 Å². The van der Waals surface area contributed by atoms with Gasteiger partial charge in [0.2, 0.25) is 0 Å². The summed E-state index contributed by atoms with van der Waals surface area (Å²) in [6.45, 7) is 0. The minimum Gasteiger partial charge on any atom is -0.247 e. The van der Waals surface area contributed by atoms with Gasteiger partial charge in [0, 0.05) is 6.20 Å². The number of alkyl halides is 5. The standard InChI is InChI=1S/C8H2BrF5N2/c9-6-4(7(10)11)5(8(12,13)14)3(1-15)2-16-6/h2,7H. The fourth-order valence-electron chi connectivity index (χ4n) is 1.09. The second kappa shape index (κ2) is 4.33. The zero-order valence-corrected chi connectivity index (χ0v) is 8.90. The topological polar surface area (TPSA) is 36.7 Å². The van der Waals surface area contributed by atoms with Crippen molar-refractivity contribution in [2.75, 3.05) is 0 Å². The van der Waals surface area contributed by atoms with Gasteiger partial charge in [-0.2, -0.15) is 18.4 Å². The fourth-order valence-corrected chi connectivity index (χ4v) is 1.57. The van der Waals surface area contributed by atoms with Gasteiger partial charge in [-0.05, 0) is 15.9 Å². The summed E-state index contributed by atoms with van der Waals surface area (Å²) in [5.74, 6) is 0. The van der Waals surface area contributed by atoms with E-state index < -0.39 is 33.9 Å². The van der Waals surface area contributed by atoms with Gasteiger partial charge in [0.1, 0.15) is 10.7 Å². The average Bonchev–Trinajstić information content (AvgIpc) is 2.15. The van der Waals surface area contributed by atoms with Gasteiger partial charge in [-0.3, -0.25) is 0 Å². The van der Waals surface area contributed by atoms with Crippen molar-refractivity contribution in [3.63, 3.8) is 0 Å². The number of hydrogen-bond donors (Lipinski definition) is 0. The Balaban J connectivity index is 3.64. The van der Waals surface area contributed by atoms with Gasteiger partial charge in [0.15, 0.2) is 0 Å². The minimum absolute atomic E-state index is 0.596. The molecule has 0 saturated carbocycles. The molecule has 8 heteroatoms. The third-order valence-corrected chi connectivity index (χ3v) is 2.32. The van der Waals surface area contributed by atoms with Crippen LogP contribution < -0.4 is 0 Å². The molecule has 0 bridgehead atoms. The predicted octanol–water partition coefficient (Wildman–Crippen LogP) is 3.67. The first-order chi connectivity index (χ1) is 7.29. The molecule has 16 heavy (non-hydrogen) atoms. The van der Waals surface area contributed by atoms with Crippen molar-refractivity contribution in [1.82, 2.24) is 4.98 Å². The molecule has 0 aliphatic carbocycles. The molecule has 1 aromatic rings. The third-order valence-electron chi connectivity index (χ3n) is 1.69. The quantitative estimate of drug-likeness (QED) is 0.586. The van der Waals surface area contributed by atoms with Gasteiger partial charge in [0.05, 0.1) is 16.7 Å². The molecule has 0 fully saturated rings. The maximum Gasteiger partial charge on any atom is 0.418 e. The van der Waals surface area contributed by atoms with Crippen molar-refractivity contribution in [2.24, 2.45) is 0 Å². The number of nitriles is 1. The summed E-state index contributed by atoms with van der Waals surface area (Å²) >= 11 is 2.50. The van der Waals surface area contributed by atoms with Gasteiger partial charge >= 0.3 is 6.18 Å². The number of rotatable bonds is 1. The molecule has 0 unspecified atom stereocenters. The molecule has 0 aliphatic rings. The lowest BCUT2D eigenvalue weighted by molar-refractivity contribution is -0.139. The number of nitrogens with zero attached hydrogens (tertiary/aromatic N) is 2. The van der Waals surface area contributed by atoms with Crippen molar-refractivity contribution < 1.29 is 22.0 Å². The molecule has 0 amide bonds. The van der Waals surface area contributed by atoms with Crippen LogP contribution in [0.4, 0.5) is 22.0 Å². The first-order valence-electron chi connectivity index (χ1n) is 3.73. The zero-order valence-electron chi connectivity index (χ0n) is 7.32. The van der Waals surface area contributed by atoms with E-state index >= 15 is 0 Å². The van der Waals surface area contributed by atoms with Crippen molar-refractivity contribution in [1.29, 1.82) is 5.26 Å². The Morgan fingerprint density at radius 2 is 1.94 bits per heavy atom. The minimum atomic E-state index is -5.03. The molecule has 0 spiro atoms. The first kappa shape index (κ1) is 12.8. The SMILES string of the molecule is N#Cc1cnc(Br)c(C(F)F)c1C(F)(F)F. The van der Waals surface area contributed by atoms with Crippen LogP contribution in [-0.4, -0.2) is 4.98 Å². The Kier molecular flexibility index (Phi) is 3.48. The van der Waals surface area contributed by atoms with E-state index in [1.165, 1.54) is 6.07 Å². The van der Waals surface area contributed by atoms with E-state index in [9.17, 15) is 22.0 Å². The van der Waals surface area contributed by atoms with E-state index in [4.69, 9.17) is 5.26 Å². The maximum atomic E-state index is 12.5. The monoisotopic (exact) mass is 300 g/mol. The summed E-state index contributed by atoms with van der Waals surface area (Å²) in [5, 5.41) is 8.43. The van der Waals surface area contributed by atoms with Crippen LogP contribution in [0, 0.1) is 11.3 Å². The molecule has 0 aliphatic heterocycles. The molecule has 0 atom stereocenters. The van der Waals surface area contributed by atoms with Crippen molar-refractivity contribution in [2.45, 2.75) is 12.6 Å². The fraction of sp³-hybridized carbons (Fsp3) is 0.250. The molecule has 1 aromatic heterocycles. The molecule has 0 radical (unpaired) electrons. The largest absolute Gasteiger partial charge is 0.418 e. The Hall–Kier alpha value is -1.23. The second-order valence-corrected chi connectivity index (χ2v) is 3.41. The molecule has 1 rings (SSSR count). The zero-order chi connectivity index (χ0) is 12.5. The Morgan fingerprint density at radius 1 is 1.38 bits per heavy atom. The van der Waals surface area contributed by atoms with Gasteiger partial charge in [-0.15, -0.1) is 0 Å². The first-order valence-corrected chi connectivity index (χ1v) is 4.52. The molecule has 0 N–H and O–H groups in total. The lowest BCUT2D eigenvalue weighted by Crippen LogP contribution is -2.13. The molecular weight excluding hydrogens is 299 g/mol. The Labute approximate surface area is 94.8 Å². The van der Waals surface area contributed by atoms with Crippen LogP contribution in [-0.2, 0) is 6.18 Å². The van der Waals surface area contributed by atoms with Gasteiger partial charge < -0.3 is 0 Å². The Bertz CT molecular complexity index is 449. The number of halogens is 6. The number of pyridine rings is 1. The van der Waals surface area contributed by atoms with Crippen LogP contribution in [0.3, 0.4) is 0 Å². The summed E-state index contributed by atoms with van der Waals surface area (Å²) in [7, 11) is 0. The van der Waals surface area contributed by atoms with E-state index in [1.807, 2.05) is 0 Å². The second-order valence-electron chi connectivity index (χ2n) is 2.66. The van der Waals surface area contributed by atoms with Crippen LogP contribution in [0.25, 0.3) is 0 Å². The van der Waals surface area contributed by atoms with Crippen LogP contribution >= 0.6 is 15.9 Å². The van der Waals surface area contributed by atoms with Crippen molar-refractivity contribution in [3.8, 4) is 6.07 Å². The summed E-state index contributed by atoms with van der Waals surface area (Å²) in [6.07, 6.45) is -7.80. The maximum absolute atomic E-state index is 12.5. The predicted molar refractivity (Wildman–Crippen MR) is 46.6 cm³/mol. The highest BCUT2D eigenvalue weighted by Gasteiger charge is 2.40. The summed E-state index contributed by atoms with van der Waals surface area (Å²) in [4.78, 5) is 3.26. The highest BCUT2D eigenvalue weighted by atomic mass is 79.9. The molecular formula is C8H2BrF5N2. The van der Waals surface area contributed by atoms with Gasteiger partial charge in [-0.25, -0.2) is 13.8 Å². The highest BCUT2D eigenvalue weighted by molar-refractivity contribution is 9.10. The van der Waals surface area contributed by atoms with Crippen LogP contribution in [0.1, 0.15) is 23.1 Å². The normalized spacial score (nSPS) is 11.6. The molecule has 0 aromatic carbocycles.